The molecule has 9 heteroatoms. The highest BCUT2D eigenvalue weighted by atomic mass is 35.5. The Morgan fingerprint density at radius 1 is 1.32 bits per heavy atom. The van der Waals surface area contributed by atoms with Crippen LogP contribution in [0.5, 0.6) is 0 Å². The summed E-state index contributed by atoms with van der Waals surface area (Å²) in [6, 6.07) is 1.23. The summed E-state index contributed by atoms with van der Waals surface area (Å²) in [5.74, 6) is -1.25. The van der Waals surface area contributed by atoms with E-state index in [0.29, 0.717) is 0 Å². The van der Waals surface area contributed by atoms with E-state index in [4.69, 9.17) is 11.6 Å². The fourth-order valence-electron chi connectivity index (χ4n) is 1.31. The second kappa shape index (κ2) is 5.30. The smallest absolute Gasteiger partial charge is 0.364 e. The highest BCUT2D eigenvalue weighted by Crippen LogP contribution is 2.28. The van der Waals surface area contributed by atoms with Gasteiger partial charge in [-0.25, -0.2) is 15.0 Å². The second-order valence-corrected chi connectivity index (χ2v) is 5.06. The van der Waals surface area contributed by atoms with Gasteiger partial charge in [-0.3, -0.25) is 0 Å². The summed E-state index contributed by atoms with van der Waals surface area (Å²) in [5.41, 5.74) is 0.728. The molecule has 0 saturated heterocycles. The van der Waals surface area contributed by atoms with E-state index in [2.05, 4.69) is 20.3 Å². The van der Waals surface area contributed by atoms with Gasteiger partial charge in [0.15, 0.2) is 0 Å². The zero-order valence-corrected chi connectivity index (χ0v) is 11.2. The van der Waals surface area contributed by atoms with Crippen LogP contribution in [0.1, 0.15) is 16.5 Å². The molecule has 2 rings (SSSR count). The Hall–Kier alpha value is -1.41. The van der Waals surface area contributed by atoms with E-state index in [1.165, 1.54) is 17.4 Å². The van der Waals surface area contributed by atoms with Gasteiger partial charge in [0.05, 0.1) is 17.2 Å². The molecular weight excluding hydrogens is 301 g/mol. The third kappa shape index (κ3) is 3.77. The number of anilines is 1. The Morgan fingerprint density at radius 3 is 2.63 bits per heavy atom. The van der Waals surface area contributed by atoms with E-state index in [-0.39, 0.29) is 17.5 Å². The van der Waals surface area contributed by atoms with Crippen LogP contribution in [0.2, 0.25) is 5.15 Å². The average molecular weight is 309 g/mol. The first-order valence-corrected chi connectivity index (χ1v) is 6.37. The molecule has 102 valence electrons. The molecule has 0 bridgehead atoms. The molecule has 0 fully saturated rings. The van der Waals surface area contributed by atoms with E-state index in [0.717, 1.165) is 10.7 Å². The minimum Gasteiger partial charge on any atom is -0.364 e. The van der Waals surface area contributed by atoms with Crippen molar-refractivity contribution in [3.63, 3.8) is 0 Å². The topological polar surface area (TPSA) is 50.7 Å². The minimum absolute atomic E-state index is 0.0120. The van der Waals surface area contributed by atoms with Crippen molar-refractivity contribution >= 4 is 28.8 Å². The van der Waals surface area contributed by atoms with Crippen LogP contribution >= 0.6 is 22.9 Å². The summed E-state index contributed by atoms with van der Waals surface area (Å²) in [4.78, 5) is 10.7. The highest BCUT2D eigenvalue weighted by Gasteiger charge is 2.35. The minimum atomic E-state index is -4.63. The predicted octanol–water partition coefficient (Wildman–Crippen LogP) is 3.53. The molecule has 0 aromatic carbocycles. The molecule has 2 aromatic rings. The maximum atomic E-state index is 12.5. The molecule has 0 amide bonds. The fraction of sp³-hybridized carbons (Fsp3) is 0.300. The first kappa shape index (κ1) is 14.0. The molecule has 0 saturated carbocycles. The number of nitrogens with zero attached hydrogens (tertiary/aromatic N) is 3. The van der Waals surface area contributed by atoms with E-state index < -0.39 is 12.0 Å². The summed E-state index contributed by atoms with van der Waals surface area (Å²) in [6.45, 7) is 2.12. The molecule has 2 aromatic heterocycles. The van der Waals surface area contributed by atoms with Gasteiger partial charge in [0.1, 0.15) is 11.0 Å². The van der Waals surface area contributed by atoms with Crippen LogP contribution < -0.4 is 5.32 Å². The van der Waals surface area contributed by atoms with Gasteiger partial charge in [-0.1, -0.05) is 11.6 Å². The zero-order valence-electron chi connectivity index (χ0n) is 9.62. The van der Waals surface area contributed by atoms with Gasteiger partial charge in [0, 0.05) is 11.4 Å². The van der Waals surface area contributed by atoms with Crippen molar-refractivity contribution in [1.82, 2.24) is 15.0 Å². The van der Waals surface area contributed by atoms with E-state index in [9.17, 15) is 13.2 Å². The Labute approximate surface area is 115 Å². The lowest BCUT2D eigenvalue weighted by Crippen LogP contribution is -2.13. The number of hydrogen-bond acceptors (Lipinski definition) is 5. The van der Waals surface area contributed by atoms with Crippen molar-refractivity contribution in [3.8, 4) is 0 Å². The summed E-state index contributed by atoms with van der Waals surface area (Å²) < 4.78 is 37.5. The van der Waals surface area contributed by atoms with Crippen molar-refractivity contribution in [1.29, 1.82) is 0 Å². The maximum absolute atomic E-state index is 12.5. The Kier molecular flexibility index (Phi) is 3.91. The van der Waals surface area contributed by atoms with Gasteiger partial charge < -0.3 is 5.32 Å². The average Bonchev–Trinajstić information content (AvgIpc) is 2.71. The third-order valence-corrected chi connectivity index (χ3v) is 3.08. The molecule has 0 atom stereocenters. The first-order chi connectivity index (χ1) is 8.84. The second-order valence-electron chi connectivity index (χ2n) is 3.61. The zero-order chi connectivity index (χ0) is 14.0. The van der Waals surface area contributed by atoms with Gasteiger partial charge in [-0.15, -0.1) is 11.3 Å². The predicted molar refractivity (Wildman–Crippen MR) is 66.2 cm³/mol. The molecule has 0 spiro atoms. The van der Waals surface area contributed by atoms with Crippen molar-refractivity contribution in [2.45, 2.75) is 19.6 Å². The number of hydrogen-bond donors (Lipinski definition) is 1. The van der Waals surface area contributed by atoms with E-state index in [1.807, 2.05) is 12.3 Å². The van der Waals surface area contributed by atoms with Gasteiger partial charge in [-0.05, 0) is 6.92 Å². The first-order valence-electron chi connectivity index (χ1n) is 5.11. The summed E-state index contributed by atoms with van der Waals surface area (Å²) in [6.07, 6.45) is -4.63. The molecule has 1 N–H and O–H groups in total. The van der Waals surface area contributed by atoms with Crippen LogP contribution in [0.25, 0.3) is 0 Å². The quantitative estimate of drug-likeness (QED) is 0.881. The Morgan fingerprint density at radius 2 is 2.05 bits per heavy atom. The summed E-state index contributed by atoms with van der Waals surface area (Å²) in [5, 5.41) is 5.17. The molecule has 0 aliphatic carbocycles. The number of rotatable bonds is 3. The lowest BCUT2D eigenvalue weighted by Gasteiger charge is -2.08. The number of thiazole rings is 1. The van der Waals surface area contributed by atoms with Crippen LogP contribution in [-0.2, 0) is 12.7 Å². The van der Waals surface area contributed by atoms with Crippen LogP contribution in [0.4, 0.5) is 19.0 Å². The van der Waals surface area contributed by atoms with Gasteiger partial charge in [0.25, 0.3) is 0 Å². The monoisotopic (exact) mass is 308 g/mol. The Balaban J connectivity index is 2.14. The van der Waals surface area contributed by atoms with Crippen molar-refractivity contribution in [2.24, 2.45) is 0 Å². The molecule has 19 heavy (non-hydrogen) atoms. The van der Waals surface area contributed by atoms with Crippen LogP contribution in [0, 0.1) is 6.92 Å². The number of nitrogens with one attached hydrogen (secondary N) is 1. The van der Waals surface area contributed by atoms with Crippen LogP contribution in [0.15, 0.2) is 11.4 Å². The SMILES string of the molecule is Cc1nc(CNc2cc(Cl)nc(C(F)(F)F)n2)cs1. The number of halogens is 4. The summed E-state index contributed by atoms with van der Waals surface area (Å²) in [7, 11) is 0. The Bertz CT molecular complexity index is 584. The fourth-order valence-corrected chi connectivity index (χ4v) is 2.10. The lowest BCUT2D eigenvalue weighted by atomic mass is 10.4. The highest BCUT2D eigenvalue weighted by molar-refractivity contribution is 7.09. The van der Waals surface area contributed by atoms with E-state index >= 15 is 0 Å². The van der Waals surface area contributed by atoms with E-state index in [1.54, 1.807) is 0 Å². The molecule has 0 aliphatic rings. The number of alkyl halides is 3. The molecular formula is C10H8ClF3N4S. The largest absolute Gasteiger partial charge is 0.451 e. The van der Waals surface area contributed by atoms with Crippen molar-refractivity contribution in [3.05, 3.63) is 33.1 Å². The standard InChI is InChI=1S/C10H8ClF3N4S/c1-5-16-6(4-19-5)3-15-8-2-7(11)17-9(18-8)10(12,13)14/h2,4H,3H2,1H3,(H,15,17,18). The number of aromatic nitrogens is 3. The lowest BCUT2D eigenvalue weighted by molar-refractivity contribution is -0.144. The van der Waals surface area contributed by atoms with Crippen molar-refractivity contribution < 1.29 is 13.2 Å². The normalized spacial score (nSPS) is 11.6. The number of aryl methyl sites for hydroxylation is 1. The van der Waals surface area contributed by atoms with Crippen LogP contribution in [0.3, 0.4) is 0 Å². The van der Waals surface area contributed by atoms with Gasteiger partial charge in [-0.2, -0.15) is 13.2 Å². The molecule has 4 nitrogen and oxygen atoms in total. The summed E-state index contributed by atoms with van der Waals surface area (Å²) >= 11 is 7.00. The molecule has 0 radical (unpaired) electrons. The molecule has 2 heterocycles. The molecule has 0 unspecified atom stereocenters. The molecule has 0 aliphatic heterocycles. The maximum Gasteiger partial charge on any atom is 0.451 e. The van der Waals surface area contributed by atoms with Gasteiger partial charge >= 0.3 is 6.18 Å². The van der Waals surface area contributed by atoms with Crippen LogP contribution in [-0.4, -0.2) is 15.0 Å². The third-order valence-electron chi connectivity index (χ3n) is 2.07. The van der Waals surface area contributed by atoms with Crippen molar-refractivity contribution in [2.75, 3.05) is 5.32 Å². The van der Waals surface area contributed by atoms with Gasteiger partial charge in [0.2, 0.25) is 5.82 Å².